The monoisotopic (exact) mass is 361 g/mol. The highest BCUT2D eigenvalue weighted by Gasteiger charge is 2.21. The molecule has 134 valence electrons. The van der Waals surface area contributed by atoms with E-state index in [1.807, 2.05) is 43.3 Å². The fraction of sp³-hybridized carbons (Fsp3) is 0.278. The lowest BCUT2D eigenvalue weighted by atomic mass is 10.2. The Morgan fingerprint density at radius 2 is 1.76 bits per heavy atom. The van der Waals surface area contributed by atoms with Crippen LogP contribution in [-0.2, 0) is 21.4 Å². The number of hydrogen-bond acceptors (Lipinski definition) is 4. The Balaban J connectivity index is 1.96. The molecule has 0 aliphatic heterocycles. The molecular weight excluding hydrogens is 338 g/mol. The summed E-state index contributed by atoms with van der Waals surface area (Å²) < 4.78 is 26.9. The van der Waals surface area contributed by atoms with Crippen molar-refractivity contribution in [1.29, 1.82) is 0 Å². The molecule has 2 rings (SSSR count). The van der Waals surface area contributed by atoms with Gasteiger partial charge in [0.25, 0.3) is 0 Å². The lowest BCUT2D eigenvalue weighted by molar-refractivity contribution is -0.122. The summed E-state index contributed by atoms with van der Waals surface area (Å²) in [5.74, 6) is -0.380. The third-order valence-electron chi connectivity index (χ3n) is 3.67. The van der Waals surface area contributed by atoms with Crippen LogP contribution in [0.25, 0.3) is 0 Å². The zero-order valence-corrected chi connectivity index (χ0v) is 15.4. The average Bonchev–Trinajstić information content (AvgIpc) is 2.60. The highest BCUT2D eigenvalue weighted by molar-refractivity contribution is 7.89. The molecule has 1 amide bonds. The molecule has 0 aliphatic rings. The van der Waals surface area contributed by atoms with Crippen molar-refractivity contribution in [2.45, 2.75) is 24.4 Å². The van der Waals surface area contributed by atoms with Gasteiger partial charge in [0.2, 0.25) is 15.9 Å². The lowest BCUT2D eigenvalue weighted by Gasteiger charge is -2.16. The molecule has 0 aromatic heterocycles. The third-order valence-corrected chi connectivity index (χ3v) is 5.23. The third kappa shape index (κ3) is 5.30. The van der Waals surface area contributed by atoms with E-state index in [1.54, 1.807) is 18.2 Å². The number of nitrogens with zero attached hydrogens (tertiary/aromatic N) is 1. The van der Waals surface area contributed by atoms with Crippen LogP contribution in [0.5, 0.6) is 0 Å². The number of anilines is 1. The summed E-state index contributed by atoms with van der Waals surface area (Å²) in [6.45, 7) is 1.85. The van der Waals surface area contributed by atoms with Gasteiger partial charge in [0, 0.05) is 26.3 Å². The van der Waals surface area contributed by atoms with Gasteiger partial charge in [-0.15, -0.1) is 0 Å². The van der Waals surface area contributed by atoms with Crippen LogP contribution in [0.2, 0.25) is 0 Å². The number of carbonyl (C=O) groups is 1. The zero-order valence-electron chi connectivity index (χ0n) is 14.6. The normalized spacial score (nSPS) is 12.4. The van der Waals surface area contributed by atoms with Crippen molar-refractivity contribution in [2.75, 3.05) is 19.0 Å². The molecule has 6 nitrogen and oxygen atoms in total. The van der Waals surface area contributed by atoms with Gasteiger partial charge in [-0.1, -0.05) is 30.3 Å². The van der Waals surface area contributed by atoms with Crippen molar-refractivity contribution < 1.29 is 13.2 Å². The second kappa shape index (κ2) is 8.13. The highest BCUT2D eigenvalue weighted by atomic mass is 32.2. The molecule has 0 radical (unpaired) electrons. The van der Waals surface area contributed by atoms with Crippen molar-refractivity contribution in [3.05, 3.63) is 60.2 Å². The molecule has 0 fully saturated rings. The van der Waals surface area contributed by atoms with Crippen LogP contribution in [0.15, 0.2) is 59.5 Å². The van der Waals surface area contributed by atoms with Crippen LogP contribution >= 0.6 is 0 Å². The molecule has 0 saturated heterocycles. The van der Waals surface area contributed by atoms with Gasteiger partial charge in [-0.05, 0) is 36.8 Å². The second-order valence-electron chi connectivity index (χ2n) is 5.94. The molecule has 0 heterocycles. The summed E-state index contributed by atoms with van der Waals surface area (Å²) in [6.07, 6.45) is 0. The maximum absolute atomic E-state index is 12.2. The largest absolute Gasteiger partial charge is 0.378 e. The van der Waals surface area contributed by atoms with Gasteiger partial charge in [0.1, 0.15) is 0 Å². The number of carbonyl (C=O) groups excluding carboxylic acids is 1. The highest BCUT2D eigenvalue weighted by Crippen LogP contribution is 2.13. The Morgan fingerprint density at radius 3 is 2.40 bits per heavy atom. The summed E-state index contributed by atoms with van der Waals surface area (Å²) in [7, 11) is 0.162. The smallest absolute Gasteiger partial charge is 0.241 e. The minimum absolute atomic E-state index is 0.133. The van der Waals surface area contributed by atoms with Gasteiger partial charge >= 0.3 is 0 Å². The van der Waals surface area contributed by atoms with Crippen molar-refractivity contribution in [3.63, 3.8) is 0 Å². The van der Waals surface area contributed by atoms with Gasteiger partial charge < -0.3 is 10.2 Å². The maximum Gasteiger partial charge on any atom is 0.241 e. The van der Waals surface area contributed by atoms with E-state index in [0.29, 0.717) is 6.54 Å². The van der Waals surface area contributed by atoms with Gasteiger partial charge in [0.05, 0.1) is 10.9 Å². The van der Waals surface area contributed by atoms with Gasteiger partial charge in [-0.25, -0.2) is 8.42 Å². The second-order valence-corrected chi connectivity index (χ2v) is 7.65. The number of rotatable bonds is 7. The van der Waals surface area contributed by atoms with E-state index in [4.69, 9.17) is 0 Å². The summed E-state index contributed by atoms with van der Waals surface area (Å²) >= 11 is 0. The summed E-state index contributed by atoms with van der Waals surface area (Å²) in [6, 6.07) is 14.9. The lowest BCUT2D eigenvalue weighted by Crippen LogP contribution is -2.44. The van der Waals surface area contributed by atoms with Crippen molar-refractivity contribution >= 4 is 21.6 Å². The molecule has 2 N–H and O–H groups in total. The summed E-state index contributed by atoms with van der Waals surface area (Å²) in [5.41, 5.74) is 1.97. The SMILES string of the molecule is C[C@H](NS(=O)(=O)c1ccccc1)C(=O)NCc1cccc(N(C)C)c1. The van der Waals surface area contributed by atoms with E-state index in [2.05, 4.69) is 10.0 Å². The first-order valence-electron chi connectivity index (χ1n) is 7.91. The zero-order chi connectivity index (χ0) is 18.4. The number of amides is 1. The maximum atomic E-state index is 12.2. The number of nitrogens with one attached hydrogen (secondary N) is 2. The Morgan fingerprint density at radius 1 is 1.08 bits per heavy atom. The number of benzene rings is 2. The minimum Gasteiger partial charge on any atom is -0.378 e. The van der Waals surface area contributed by atoms with E-state index in [1.165, 1.54) is 19.1 Å². The number of sulfonamides is 1. The van der Waals surface area contributed by atoms with E-state index in [9.17, 15) is 13.2 Å². The first-order valence-corrected chi connectivity index (χ1v) is 9.39. The molecule has 0 saturated carbocycles. The van der Waals surface area contributed by atoms with Gasteiger partial charge in [-0.2, -0.15) is 4.72 Å². The Labute approximate surface area is 148 Å². The van der Waals surface area contributed by atoms with Crippen LogP contribution in [0.1, 0.15) is 12.5 Å². The molecular formula is C18H23N3O3S. The quantitative estimate of drug-likeness (QED) is 0.787. The van der Waals surface area contributed by atoms with Crippen LogP contribution in [0, 0.1) is 0 Å². The van der Waals surface area contributed by atoms with Crippen molar-refractivity contribution in [1.82, 2.24) is 10.0 Å². The molecule has 7 heteroatoms. The van der Waals surface area contributed by atoms with Crippen molar-refractivity contribution in [3.8, 4) is 0 Å². The average molecular weight is 361 g/mol. The van der Waals surface area contributed by atoms with Crippen LogP contribution in [-0.4, -0.2) is 34.5 Å². The van der Waals surface area contributed by atoms with Crippen LogP contribution in [0.3, 0.4) is 0 Å². The van der Waals surface area contributed by atoms with E-state index >= 15 is 0 Å². The molecule has 2 aromatic carbocycles. The molecule has 0 bridgehead atoms. The molecule has 0 aliphatic carbocycles. The van der Waals surface area contributed by atoms with Gasteiger partial charge in [-0.3, -0.25) is 4.79 Å². The fourth-order valence-electron chi connectivity index (χ4n) is 2.24. The molecule has 0 unspecified atom stereocenters. The number of hydrogen-bond donors (Lipinski definition) is 2. The summed E-state index contributed by atoms with van der Waals surface area (Å²) in [5, 5.41) is 2.75. The fourth-order valence-corrected chi connectivity index (χ4v) is 3.46. The van der Waals surface area contributed by atoms with Gasteiger partial charge in [0.15, 0.2) is 0 Å². The molecule has 0 spiro atoms. The topological polar surface area (TPSA) is 78.5 Å². The van der Waals surface area contributed by atoms with E-state index in [-0.39, 0.29) is 10.8 Å². The first-order chi connectivity index (χ1) is 11.8. The summed E-state index contributed by atoms with van der Waals surface area (Å²) in [4.78, 5) is 14.3. The Bertz CT molecular complexity index is 820. The van der Waals surface area contributed by atoms with Crippen LogP contribution in [0.4, 0.5) is 5.69 Å². The standard InChI is InChI=1S/C18H23N3O3S/c1-14(20-25(23,24)17-10-5-4-6-11-17)18(22)19-13-15-8-7-9-16(12-15)21(2)3/h4-12,14,20H,13H2,1-3H3,(H,19,22)/t14-/m0/s1. The molecule has 2 aromatic rings. The molecule has 1 atom stereocenters. The Kier molecular flexibility index (Phi) is 6.17. The van der Waals surface area contributed by atoms with Crippen molar-refractivity contribution in [2.24, 2.45) is 0 Å². The predicted molar refractivity (Wildman–Crippen MR) is 98.8 cm³/mol. The minimum atomic E-state index is -3.72. The van der Waals surface area contributed by atoms with Crippen LogP contribution < -0.4 is 14.9 Å². The Hall–Kier alpha value is -2.38. The van der Waals surface area contributed by atoms with E-state index in [0.717, 1.165) is 11.3 Å². The molecule has 25 heavy (non-hydrogen) atoms. The first kappa shape index (κ1) is 19.0. The predicted octanol–water partition coefficient (Wildman–Crippen LogP) is 1.74. The van der Waals surface area contributed by atoms with E-state index < -0.39 is 16.1 Å².